The first-order valence-corrected chi connectivity index (χ1v) is 6.96. The van der Waals surface area contributed by atoms with Crippen molar-refractivity contribution in [2.45, 2.75) is 33.3 Å². The summed E-state index contributed by atoms with van der Waals surface area (Å²) < 4.78 is 5.71. The minimum Gasteiger partial charge on any atom is -0.483 e. The number of hydrogen-bond donors (Lipinski definition) is 0. The van der Waals surface area contributed by atoms with Crippen LogP contribution in [0.4, 0.5) is 0 Å². The molecule has 2 heteroatoms. The Morgan fingerprint density at radius 3 is 2.20 bits per heavy atom. The highest BCUT2D eigenvalue weighted by Gasteiger charge is 2.16. The van der Waals surface area contributed by atoms with Crippen LogP contribution >= 0.6 is 0 Å². The van der Waals surface area contributed by atoms with Crippen molar-refractivity contribution < 1.29 is 9.53 Å². The molecule has 2 rings (SSSR count). The molecule has 0 aromatic heterocycles. The van der Waals surface area contributed by atoms with Crippen molar-refractivity contribution in [2.75, 3.05) is 0 Å². The van der Waals surface area contributed by atoms with Crippen LogP contribution in [0.5, 0.6) is 5.75 Å². The zero-order valence-electron chi connectivity index (χ0n) is 12.2. The molecule has 0 radical (unpaired) electrons. The Kier molecular flexibility index (Phi) is 4.57. The molecule has 0 amide bonds. The van der Waals surface area contributed by atoms with Crippen LogP contribution < -0.4 is 4.74 Å². The van der Waals surface area contributed by atoms with Crippen molar-refractivity contribution in [3.63, 3.8) is 0 Å². The van der Waals surface area contributed by atoms with Crippen molar-refractivity contribution in [2.24, 2.45) is 0 Å². The van der Waals surface area contributed by atoms with Crippen molar-refractivity contribution in [3.05, 3.63) is 65.2 Å². The Hall–Kier alpha value is -2.09. The summed E-state index contributed by atoms with van der Waals surface area (Å²) >= 11 is 0. The fourth-order valence-electron chi connectivity index (χ4n) is 2.01. The van der Waals surface area contributed by atoms with E-state index in [-0.39, 0.29) is 5.78 Å². The summed E-state index contributed by atoms with van der Waals surface area (Å²) in [6.45, 7) is 5.90. The Balaban J connectivity index is 2.04. The average molecular weight is 268 g/mol. The van der Waals surface area contributed by atoms with E-state index >= 15 is 0 Å². The molecule has 0 aliphatic carbocycles. The molecule has 0 saturated heterocycles. The molecule has 1 atom stereocenters. The second kappa shape index (κ2) is 6.38. The standard InChI is InChI=1S/C18H20O2/c1-4-15-7-11-17(12-8-15)20-14(3)18(19)16-9-5-13(2)6-10-16/h5-12,14H,4H2,1-3H3. The molecule has 2 nitrogen and oxygen atoms in total. The molecule has 104 valence electrons. The van der Waals surface area contributed by atoms with E-state index in [2.05, 4.69) is 6.92 Å². The molecule has 0 saturated carbocycles. The van der Waals surface area contributed by atoms with Gasteiger partial charge in [-0.1, -0.05) is 48.9 Å². The third-order valence-electron chi connectivity index (χ3n) is 3.35. The van der Waals surface area contributed by atoms with E-state index in [1.54, 1.807) is 6.92 Å². The van der Waals surface area contributed by atoms with Gasteiger partial charge in [-0.25, -0.2) is 0 Å². The summed E-state index contributed by atoms with van der Waals surface area (Å²) in [5.41, 5.74) is 3.09. The van der Waals surface area contributed by atoms with Crippen LogP contribution in [0.2, 0.25) is 0 Å². The van der Waals surface area contributed by atoms with Gasteiger partial charge in [-0.05, 0) is 38.0 Å². The third-order valence-corrected chi connectivity index (χ3v) is 3.35. The lowest BCUT2D eigenvalue weighted by atomic mass is 10.1. The smallest absolute Gasteiger partial charge is 0.202 e. The Labute approximate surface area is 120 Å². The van der Waals surface area contributed by atoms with Crippen molar-refractivity contribution in [1.29, 1.82) is 0 Å². The molecule has 0 N–H and O–H groups in total. The average Bonchev–Trinajstić information content (AvgIpc) is 2.48. The lowest BCUT2D eigenvalue weighted by Gasteiger charge is -2.14. The second-order valence-electron chi connectivity index (χ2n) is 4.99. The predicted octanol–water partition coefficient (Wildman–Crippen LogP) is 4.21. The van der Waals surface area contributed by atoms with E-state index in [9.17, 15) is 4.79 Å². The number of carbonyl (C=O) groups is 1. The van der Waals surface area contributed by atoms with Gasteiger partial charge >= 0.3 is 0 Å². The van der Waals surface area contributed by atoms with Gasteiger partial charge in [0.25, 0.3) is 0 Å². The summed E-state index contributed by atoms with van der Waals surface area (Å²) in [5.74, 6) is 0.736. The molecule has 2 aromatic carbocycles. The number of benzene rings is 2. The zero-order valence-corrected chi connectivity index (χ0v) is 12.2. The summed E-state index contributed by atoms with van der Waals surface area (Å²) in [6, 6.07) is 15.5. The van der Waals surface area contributed by atoms with Gasteiger partial charge in [0.1, 0.15) is 5.75 Å². The fraction of sp³-hybridized carbons (Fsp3) is 0.278. The summed E-state index contributed by atoms with van der Waals surface area (Å²) in [5, 5.41) is 0. The van der Waals surface area contributed by atoms with Crippen LogP contribution in [0.15, 0.2) is 48.5 Å². The van der Waals surface area contributed by atoms with Crippen LogP contribution in [0, 0.1) is 6.92 Å². The van der Waals surface area contributed by atoms with Gasteiger partial charge in [0.2, 0.25) is 5.78 Å². The van der Waals surface area contributed by atoms with Crippen LogP contribution in [0.1, 0.15) is 35.3 Å². The van der Waals surface area contributed by atoms with E-state index < -0.39 is 6.10 Å². The lowest BCUT2D eigenvalue weighted by Crippen LogP contribution is -2.23. The van der Waals surface area contributed by atoms with E-state index in [4.69, 9.17) is 4.74 Å². The van der Waals surface area contributed by atoms with Gasteiger partial charge in [-0.2, -0.15) is 0 Å². The molecule has 0 fully saturated rings. The fourth-order valence-corrected chi connectivity index (χ4v) is 2.01. The topological polar surface area (TPSA) is 26.3 Å². The van der Waals surface area contributed by atoms with Crippen LogP contribution in [-0.4, -0.2) is 11.9 Å². The van der Waals surface area contributed by atoms with Crippen molar-refractivity contribution in [1.82, 2.24) is 0 Å². The molecule has 0 spiro atoms. The van der Waals surface area contributed by atoms with Crippen molar-refractivity contribution in [3.8, 4) is 5.75 Å². The predicted molar refractivity (Wildman–Crippen MR) is 81.4 cm³/mol. The molecular formula is C18H20O2. The molecule has 0 bridgehead atoms. The number of carbonyl (C=O) groups excluding carboxylic acids is 1. The monoisotopic (exact) mass is 268 g/mol. The highest BCUT2D eigenvalue weighted by molar-refractivity contribution is 5.99. The van der Waals surface area contributed by atoms with Gasteiger partial charge < -0.3 is 4.74 Å². The summed E-state index contributed by atoms with van der Waals surface area (Å²) in [6.07, 6.45) is 0.517. The maximum Gasteiger partial charge on any atom is 0.202 e. The van der Waals surface area contributed by atoms with Gasteiger partial charge in [-0.15, -0.1) is 0 Å². The first-order valence-electron chi connectivity index (χ1n) is 6.96. The zero-order chi connectivity index (χ0) is 14.5. The molecule has 0 aliphatic rings. The van der Waals surface area contributed by atoms with E-state index in [1.165, 1.54) is 5.56 Å². The van der Waals surface area contributed by atoms with Crippen LogP contribution in [-0.2, 0) is 6.42 Å². The number of ketones is 1. The molecule has 1 unspecified atom stereocenters. The summed E-state index contributed by atoms with van der Waals surface area (Å²) in [4.78, 5) is 12.3. The first-order chi connectivity index (χ1) is 9.60. The second-order valence-corrected chi connectivity index (χ2v) is 4.99. The molecule has 20 heavy (non-hydrogen) atoms. The number of aryl methyl sites for hydroxylation is 2. The maximum atomic E-state index is 12.3. The van der Waals surface area contributed by atoms with Crippen LogP contribution in [0.25, 0.3) is 0 Å². The van der Waals surface area contributed by atoms with Crippen LogP contribution in [0.3, 0.4) is 0 Å². The molecule has 0 aliphatic heterocycles. The third kappa shape index (κ3) is 3.47. The van der Waals surface area contributed by atoms with Gasteiger partial charge in [0.05, 0.1) is 0 Å². The Bertz CT molecular complexity index is 567. The van der Waals surface area contributed by atoms with E-state index in [0.29, 0.717) is 5.56 Å². The van der Waals surface area contributed by atoms with E-state index in [0.717, 1.165) is 17.7 Å². The Morgan fingerprint density at radius 2 is 1.65 bits per heavy atom. The number of hydrogen-bond acceptors (Lipinski definition) is 2. The SMILES string of the molecule is CCc1ccc(OC(C)C(=O)c2ccc(C)cc2)cc1. The Morgan fingerprint density at radius 1 is 1.05 bits per heavy atom. The summed E-state index contributed by atoms with van der Waals surface area (Å²) in [7, 11) is 0. The normalized spacial score (nSPS) is 11.9. The van der Waals surface area contributed by atoms with Crippen molar-refractivity contribution >= 4 is 5.78 Å². The highest BCUT2D eigenvalue weighted by Crippen LogP contribution is 2.16. The highest BCUT2D eigenvalue weighted by atomic mass is 16.5. The molecule has 0 heterocycles. The minimum absolute atomic E-state index is 0.00423. The largest absolute Gasteiger partial charge is 0.483 e. The van der Waals surface area contributed by atoms with Gasteiger partial charge in [0.15, 0.2) is 6.10 Å². The molecule has 2 aromatic rings. The first kappa shape index (κ1) is 14.3. The minimum atomic E-state index is -0.481. The number of Topliss-reactive ketones (excluding diaryl/α,β-unsaturated/α-hetero) is 1. The number of ether oxygens (including phenoxy) is 1. The number of rotatable bonds is 5. The molecular weight excluding hydrogens is 248 g/mol. The lowest BCUT2D eigenvalue weighted by molar-refractivity contribution is 0.0818. The quantitative estimate of drug-likeness (QED) is 0.759. The maximum absolute atomic E-state index is 12.3. The van der Waals surface area contributed by atoms with E-state index in [1.807, 2.05) is 55.5 Å². The van der Waals surface area contributed by atoms with Gasteiger partial charge in [0, 0.05) is 5.56 Å². The van der Waals surface area contributed by atoms with Gasteiger partial charge in [-0.3, -0.25) is 4.79 Å².